The number of amides is 2. The lowest BCUT2D eigenvalue weighted by molar-refractivity contribution is -0.121. The maximum absolute atomic E-state index is 13.3. The van der Waals surface area contributed by atoms with Crippen LogP contribution in [-0.4, -0.2) is 42.3 Å². The summed E-state index contributed by atoms with van der Waals surface area (Å²) in [6.45, 7) is 0.916. The van der Waals surface area contributed by atoms with E-state index in [1.54, 1.807) is 48.7 Å². The van der Waals surface area contributed by atoms with Gasteiger partial charge >= 0.3 is 0 Å². The molecule has 1 aromatic heterocycles. The van der Waals surface area contributed by atoms with E-state index < -0.39 is 22.5 Å². The molecule has 2 N–H and O–H groups in total. The van der Waals surface area contributed by atoms with Crippen LogP contribution in [0.5, 0.6) is 0 Å². The molecule has 0 saturated heterocycles. The number of aromatic nitrogens is 1. The molecule has 2 amide bonds. The highest BCUT2D eigenvalue weighted by molar-refractivity contribution is 7.89. The van der Waals surface area contributed by atoms with Crippen LogP contribution >= 0.6 is 0 Å². The van der Waals surface area contributed by atoms with Gasteiger partial charge in [0.1, 0.15) is 0 Å². The lowest BCUT2D eigenvalue weighted by atomic mass is 10.2. The number of carbonyl (C=O) groups is 2. The average molecular weight is 466 g/mol. The van der Waals surface area contributed by atoms with Gasteiger partial charge in [0, 0.05) is 25.4 Å². The molecule has 0 aliphatic carbocycles. The predicted molar refractivity (Wildman–Crippen MR) is 125 cm³/mol. The summed E-state index contributed by atoms with van der Waals surface area (Å²) in [7, 11) is -4.02. The Bertz CT molecular complexity index is 1210. The lowest BCUT2D eigenvalue weighted by Crippen LogP contribution is -2.39. The number of anilines is 1. The number of pyridine rings is 1. The molecule has 170 valence electrons. The SMILES string of the molecule is CC(=O)Nc1ccc(S(=O)(=O)N(CC(=O)N/N=C\c2ccccn2)Cc2ccccc2)cc1. The number of benzene rings is 2. The van der Waals surface area contributed by atoms with Crippen LogP contribution in [0, 0.1) is 0 Å². The molecule has 0 radical (unpaired) electrons. The number of rotatable bonds is 9. The molecule has 9 nitrogen and oxygen atoms in total. The molecule has 1 heterocycles. The van der Waals surface area contributed by atoms with Gasteiger partial charge in [-0.25, -0.2) is 13.8 Å². The molecule has 2 aromatic carbocycles. The van der Waals surface area contributed by atoms with Gasteiger partial charge in [-0.1, -0.05) is 36.4 Å². The smallest absolute Gasteiger partial charge is 0.255 e. The van der Waals surface area contributed by atoms with Gasteiger partial charge in [-0.3, -0.25) is 14.6 Å². The molecule has 0 bridgehead atoms. The van der Waals surface area contributed by atoms with Gasteiger partial charge in [-0.05, 0) is 42.0 Å². The van der Waals surface area contributed by atoms with E-state index in [0.29, 0.717) is 11.4 Å². The highest BCUT2D eigenvalue weighted by Gasteiger charge is 2.27. The Hall–Kier alpha value is -3.89. The standard InChI is InChI=1S/C23H23N5O4S/c1-18(29)26-20-10-12-22(13-11-20)33(31,32)28(16-19-7-3-2-4-8-19)17-23(30)27-25-15-21-9-5-6-14-24-21/h2-15H,16-17H2,1H3,(H,26,29)(H,27,30)/b25-15-. The second kappa shape index (κ2) is 11.1. The molecule has 3 rings (SSSR count). The minimum atomic E-state index is -4.02. The second-order valence-electron chi connectivity index (χ2n) is 7.01. The van der Waals surface area contributed by atoms with E-state index in [0.717, 1.165) is 9.87 Å². The van der Waals surface area contributed by atoms with E-state index in [2.05, 4.69) is 20.8 Å². The van der Waals surface area contributed by atoms with E-state index in [1.165, 1.54) is 37.4 Å². The third kappa shape index (κ3) is 7.06. The van der Waals surface area contributed by atoms with Gasteiger partial charge in [0.2, 0.25) is 15.9 Å². The molecule has 0 fully saturated rings. The highest BCUT2D eigenvalue weighted by Crippen LogP contribution is 2.20. The molecule has 0 spiro atoms. The van der Waals surface area contributed by atoms with Crippen molar-refractivity contribution in [3.8, 4) is 0 Å². The van der Waals surface area contributed by atoms with Gasteiger partial charge in [0.05, 0.1) is 23.3 Å². The molecule has 0 aliphatic heterocycles. The number of sulfonamides is 1. The number of hydrogen-bond donors (Lipinski definition) is 2. The van der Waals surface area contributed by atoms with Crippen molar-refractivity contribution < 1.29 is 18.0 Å². The zero-order chi connectivity index (χ0) is 23.7. The monoisotopic (exact) mass is 465 g/mol. The number of hydrazone groups is 1. The van der Waals surface area contributed by atoms with E-state index in [1.807, 2.05) is 6.07 Å². The number of hydrogen-bond acceptors (Lipinski definition) is 6. The maximum Gasteiger partial charge on any atom is 0.255 e. The third-order valence-corrected chi connectivity index (χ3v) is 6.21. The van der Waals surface area contributed by atoms with Crippen molar-refractivity contribution in [2.75, 3.05) is 11.9 Å². The van der Waals surface area contributed by atoms with Crippen molar-refractivity contribution in [1.82, 2.24) is 14.7 Å². The van der Waals surface area contributed by atoms with E-state index in [4.69, 9.17) is 0 Å². The normalized spacial score (nSPS) is 11.5. The van der Waals surface area contributed by atoms with Crippen LogP contribution in [0.3, 0.4) is 0 Å². The fraction of sp³-hybridized carbons (Fsp3) is 0.130. The first-order chi connectivity index (χ1) is 15.8. The third-order valence-electron chi connectivity index (χ3n) is 4.41. The van der Waals surface area contributed by atoms with Crippen molar-refractivity contribution in [3.05, 3.63) is 90.3 Å². The molecule has 0 atom stereocenters. The minimum Gasteiger partial charge on any atom is -0.326 e. The number of nitrogens with one attached hydrogen (secondary N) is 2. The van der Waals surface area contributed by atoms with Crippen LogP contribution in [0.25, 0.3) is 0 Å². The summed E-state index contributed by atoms with van der Waals surface area (Å²) >= 11 is 0. The summed E-state index contributed by atoms with van der Waals surface area (Å²) in [5.41, 5.74) is 4.08. The van der Waals surface area contributed by atoms with Crippen LogP contribution in [0.15, 0.2) is 89.0 Å². The van der Waals surface area contributed by atoms with Crippen LogP contribution in [-0.2, 0) is 26.2 Å². The summed E-state index contributed by atoms with van der Waals surface area (Å²) in [5, 5.41) is 6.44. The maximum atomic E-state index is 13.3. The zero-order valence-electron chi connectivity index (χ0n) is 17.9. The quantitative estimate of drug-likeness (QED) is 0.371. The molecule has 3 aromatic rings. The molecular formula is C23H23N5O4S. The number of nitrogens with zero attached hydrogens (tertiary/aromatic N) is 3. The Morgan fingerprint density at radius 3 is 2.33 bits per heavy atom. The fourth-order valence-corrected chi connectivity index (χ4v) is 4.28. The molecule has 0 saturated carbocycles. The summed E-state index contributed by atoms with van der Waals surface area (Å²) in [4.78, 5) is 27.8. The highest BCUT2D eigenvalue weighted by atomic mass is 32.2. The van der Waals surface area contributed by atoms with Crippen LogP contribution in [0.2, 0.25) is 0 Å². The Morgan fingerprint density at radius 1 is 1.00 bits per heavy atom. The van der Waals surface area contributed by atoms with Gasteiger partial charge in [-0.2, -0.15) is 9.41 Å². The van der Waals surface area contributed by atoms with Crippen molar-refractivity contribution in [2.24, 2.45) is 5.10 Å². The van der Waals surface area contributed by atoms with Crippen molar-refractivity contribution >= 4 is 33.7 Å². The minimum absolute atomic E-state index is 0.00248. The molecule has 33 heavy (non-hydrogen) atoms. The van der Waals surface area contributed by atoms with E-state index in [-0.39, 0.29) is 17.3 Å². The van der Waals surface area contributed by atoms with Crippen LogP contribution < -0.4 is 10.7 Å². The predicted octanol–water partition coefficient (Wildman–Crippen LogP) is 2.38. The first-order valence-electron chi connectivity index (χ1n) is 9.99. The van der Waals surface area contributed by atoms with Gasteiger partial charge in [0.15, 0.2) is 0 Å². The molecule has 10 heteroatoms. The topological polar surface area (TPSA) is 121 Å². The van der Waals surface area contributed by atoms with E-state index >= 15 is 0 Å². The largest absolute Gasteiger partial charge is 0.326 e. The summed E-state index contributed by atoms with van der Waals surface area (Å²) in [5.74, 6) is -0.865. The Morgan fingerprint density at radius 2 is 1.70 bits per heavy atom. The van der Waals surface area contributed by atoms with Crippen LogP contribution in [0.4, 0.5) is 5.69 Å². The molecule has 0 aliphatic rings. The summed E-state index contributed by atoms with van der Waals surface area (Å²) < 4.78 is 27.7. The van der Waals surface area contributed by atoms with Crippen molar-refractivity contribution in [2.45, 2.75) is 18.4 Å². The lowest BCUT2D eigenvalue weighted by Gasteiger charge is -2.21. The summed E-state index contributed by atoms with van der Waals surface area (Å²) in [6, 6.07) is 20.0. The Labute approximate surface area is 192 Å². The summed E-state index contributed by atoms with van der Waals surface area (Å²) in [6.07, 6.45) is 2.96. The van der Waals surface area contributed by atoms with Gasteiger partial charge in [0.25, 0.3) is 5.91 Å². The second-order valence-corrected chi connectivity index (χ2v) is 8.95. The fourth-order valence-electron chi connectivity index (χ4n) is 2.89. The zero-order valence-corrected chi connectivity index (χ0v) is 18.7. The first-order valence-corrected chi connectivity index (χ1v) is 11.4. The first kappa shape index (κ1) is 23.8. The van der Waals surface area contributed by atoms with Gasteiger partial charge < -0.3 is 5.32 Å². The van der Waals surface area contributed by atoms with Crippen molar-refractivity contribution in [3.63, 3.8) is 0 Å². The van der Waals surface area contributed by atoms with Crippen LogP contribution in [0.1, 0.15) is 18.2 Å². The molecule has 0 unspecified atom stereocenters. The average Bonchev–Trinajstić information content (AvgIpc) is 2.80. The molecular weight excluding hydrogens is 442 g/mol. The van der Waals surface area contributed by atoms with E-state index in [9.17, 15) is 18.0 Å². The Balaban J connectivity index is 1.78. The number of carbonyl (C=O) groups excluding carboxylic acids is 2. The van der Waals surface area contributed by atoms with Gasteiger partial charge in [-0.15, -0.1) is 0 Å². The van der Waals surface area contributed by atoms with Crippen molar-refractivity contribution in [1.29, 1.82) is 0 Å². The Kier molecular flexibility index (Phi) is 8.01.